The first-order valence-electron chi connectivity index (χ1n) is 6.93. The molecule has 1 aliphatic carbocycles. The normalized spacial score (nSPS) is 23.3. The van der Waals surface area contributed by atoms with Gasteiger partial charge in [-0.05, 0) is 32.1 Å². The molecule has 0 unspecified atom stereocenters. The van der Waals surface area contributed by atoms with Crippen LogP contribution >= 0.6 is 0 Å². The van der Waals surface area contributed by atoms with E-state index < -0.39 is 5.54 Å². The average molecular weight is 253 g/mol. The Morgan fingerprint density at radius 1 is 1.33 bits per heavy atom. The Balaban J connectivity index is 1.79. The van der Waals surface area contributed by atoms with Gasteiger partial charge in [0.1, 0.15) is 0 Å². The van der Waals surface area contributed by atoms with Crippen molar-refractivity contribution < 1.29 is 9.59 Å². The van der Waals surface area contributed by atoms with E-state index >= 15 is 0 Å². The smallest absolute Gasteiger partial charge is 0.242 e. The van der Waals surface area contributed by atoms with Gasteiger partial charge < -0.3 is 16.0 Å². The molecule has 0 aromatic heterocycles. The molecule has 2 amide bonds. The molecular weight excluding hydrogens is 230 g/mol. The number of piperidine rings is 1. The van der Waals surface area contributed by atoms with Gasteiger partial charge in [0.15, 0.2) is 0 Å². The Morgan fingerprint density at radius 2 is 1.94 bits per heavy atom. The Kier molecular flexibility index (Phi) is 3.90. The van der Waals surface area contributed by atoms with E-state index in [2.05, 4.69) is 5.32 Å². The van der Waals surface area contributed by atoms with E-state index in [4.69, 9.17) is 5.73 Å². The lowest BCUT2D eigenvalue weighted by Crippen LogP contribution is -2.61. The first kappa shape index (κ1) is 13.3. The maximum atomic E-state index is 12.2. The van der Waals surface area contributed by atoms with Crippen LogP contribution in [-0.2, 0) is 9.59 Å². The second-order valence-electron chi connectivity index (χ2n) is 5.50. The van der Waals surface area contributed by atoms with Gasteiger partial charge >= 0.3 is 0 Å². The van der Waals surface area contributed by atoms with Crippen molar-refractivity contribution in [3.05, 3.63) is 0 Å². The second kappa shape index (κ2) is 5.26. The van der Waals surface area contributed by atoms with E-state index in [0.717, 1.165) is 32.1 Å². The summed E-state index contributed by atoms with van der Waals surface area (Å²) in [6.45, 7) is 3.28. The van der Waals surface area contributed by atoms with Gasteiger partial charge in [-0.3, -0.25) is 9.59 Å². The van der Waals surface area contributed by atoms with Gasteiger partial charge in [-0.2, -0.15) is 0 Å². The van der Waals surface area contributed by atoms with Crippen LogP contribution in [0.25, 0.3) is 0 Å². The highest BCUT2D eigenvalue weighted by Crippen LogP contribution is 2.31. The lowest BCUT2D eigenvalue weighted by molar-refractivity contribution is -0.141. The maximum absolute atomic E-state index is 12.2. The van der Waals surface area contributed by atoms with Crippen molar-refractivity contribution in [1.82, 2.24) is 10.2 Å². The van der Waals surface area contributed by atoms with Gasteiger partial charge in [0.05, 0.1) is 5.54 Å². The highest BCUT2D eigenvalue weighted by molar-refractivity contribution is 5.87. The van der Waals surface area contributed by atoms with Crippen LogP contribution in [0.2, 0.25) is 0 Å². The summed E-state index contributed by atoms with van der Waals surface area (Å²) in [6.07, 6.45) is 4.90. The zero-order chi connectivity index (χ0) is 13.2. The minimum absolute atomic E-state index is 0.0917. The summed E-state index contributed by atoms with van der Waals surface area (Å²) >= 11 is 0. The molecule has 5 nitrogen and oxygen atoms in total. The molecule has 0 aromatic rings. The second-order valence-corrected chi connectivity index (χ2v) is 5.50. The van der Waals surface area contributed by atoms with Crippen molar-refractivity contribution in [2.75, 3.05) is 13.1 Å². The summed E-state index contributed by atoms with van der Waals surface area (Å²) in [6, 6.07) is 0.219. The monoisotopic (exact) mass is 253 g/mol. The van der Waals surface area contributed by atoms with E-state index in [1.165, 1.54) is 0 Å². The SMILES string of the molecule is CCC(=O)NC1CCN(C(=O)C2(N)CCC2)CC1. The van der Waals surface area contributed by atoms with Crippen molar-refractivity contribution in [3.8, 4) is 0 Å². The highest BCUT2D eigenvalue weighted by atomic mass is 16.2. The molecule has 1 heterocycles. The molecule has 5 heteroatoms. The van der Waals surface area contributed by atoms with Crippen LogP contribution in [0, 0.1) is 0 Å². The number of nitrogens with two attached hydrogens (primary N) is 1. The molecule has 0 radical (unpaired) electrons. The number of amides is 2. The number of rotatable bonds is 3. The molecule has 1 aliphatic heterocycles. The van der Waals surface area contributed by atoms with Crippen molar-refractivity contribution in [3.63, 3.8) is 0 Å². The first-order valence-corrected chi connectivity index (χ1v) is 6.93. The van der Waals surface area contributed by atoms with Crippen LogP contribution in [0.5, 0.6) is 0 Å². The average Bonchev–Trinajstić information content (AvgIpc) is 2.36. The van der Waals surface area contributed by atoms with E-state index in [0.29, 0.717) is 19.5 Å². The van der Waals surface area contributed by atoms with Crippen molar-refractivity contribution in [1.29, 1.82) is 0 Å². The molecule has 0 atom stereocenters. The predicted octanol–water partition coefficient (Wildman–Crippen LogP) is 0.385. The summed E-state index contributed by atoms with van der Waals surface area (Å²) in [4.78, 5) is 25.4. The van der Waals surface area contributed by atoms with E-state index in [9.17, 15) is 9.59 Å². The number of hydrogen-bond acceptors (Lipinski definition) is 3. The fourth-order valence-electron chi connectivity index (χ4n) is 2.64. The molecule has 0 bridgehead atoms. The quantitative estimate of drug-likeness (QED) is 0.763. The Hall–Kier alpha value is -1.10. The third kappa shape index (κ3) is 2.66. The third-order valence-electron chi connectivity index (χ3n) is 4.14. The highest BCUT2D eigenvalue weighted by Gasteiger charge is 2.43. The Labute approximate surface area is 108 Å². The fraction of sp³-hybridized carbons (Fsp3) is 0.846. The molecule has 0 aromatic carbocycles. The van der Waals surface area contributed by atoms with Crippen LogP contribution in [0.15, 0.2) is 0 Å². The van der Waals surface area contributed by atoms with Crippen LogP contribution in [0.3, 0.4) is 0 Å². The van der Waals surface area contributed by atoms with Gasteiger partial charge in [0.2, 0.25) is 11.8 Å². The third-order valence-corrected chi connectivity index (χ3v) is 4.14. The van der Waals surface area contributed by atoms with Crippen LogP contribution < -0.4 is 11.1 Å². The van der Waals surface area contributed by atoms with Gasteiger partial charge in [-0.15, -0.1) is 0 Å². The summed E-state index contributed by atoms with van der Waals surface area (Å²) in [5, 5.41) is 2.99. The minimum atomic E-state index is -0.584. The van der Waals surface area contributed by atoms with Gasteiger partial charge in [0, 0.05) is 25.6 Å². The maximum Gasteiger partial charge on any atom is 0.242 e. The lowest BCUT2D eigenvalue weighted by atomic mass is 9.76. The summed E-state index contributed by atoms with van der Waals surface area (Å²) in [5.74, 6) is 0.197. The Bertz CT molecular complexity index is 331. The van der Waals surface area contributed by atoms with Crippen molar-refractivity contribution in [2.45, 2.75) is 57.0 Å². The molecule has 3 N–H and O–H groups in total. The number of carbonyl (C=O) groups excluding carboxylic acids is 2. The molecule has 2 rings (SSSR count). The number of carbonyl (C=O) groups is 2. The molecule has 18 heavy (non-hydrogen) atoms. The minimum Gasteiger partial charge on any atom is -0.353 e. The van der Waals surface area contributed by atoms with Crippen LogP contribution in [0.1, 0.15) is 45.4 Å². The van der Waals surface area contributed by atoms with Crippen LogP contribution in [0.4, 0.5) is 0 Å². The molecule has 1 saturated heterocycles. The Morgan fingerprint density at radius 3 is 2.39 bits per heavy atom. The van der Waals surface area contributed by atoms with Crippen molar-refractivity contribution in [2.24, 2.45) is 5.73 Å². The fourth-order valence-corrected chi connectivity index (χ4v) is 2.64. The largest absolute Gasteiger partial charge is 0.353 e. The number of hydrogen-bond donors (Lipinski definition) is 2. The van der Waals surface area contributed by atoms with Gasteiger partial charge in [-0.25, -0.2) is 0 Å². The molecule has 2 aliphatic rings. The summed E-state index contributed by atoms with van der Waals surface area (Å²) in [5.41, 5.74) is 5.47. The van der Waals surface area contributed by atoms with Crippen molar-refractivity contribution >= 4 is 11.8 Å². The van der Waals surface area contributed by atoms with Gasteiger partial charge in [0.25, 0.3) is 0 Å². The predicted molar refractivity (Wildman–Crippen MR) is 68.8 cm³/mol. The topological polar surface area (TPSA) is 75.4 Å². The molecule has 102 valence electrons. The van der Waals surface area contributed by atoms with E-state index in [-0.39, 0.29) is 17.9 Å². The number of nitrogens with zero attached hydrogens (tertiary/aromatic N) is 1. The summed E-state index contributed by atoms with van der Waals surface area (Å²) in [7, 11) is 0. The number of likely N-dealkylation sites (tertiary alicyclic amines) is 1. The van der Waals surface area contributed by atoms with Crippen LogP contribution in [-0.4, -0.2) is 41.4 Å². The molecule has 2 fully saturated rings. The van der Waals surface area contributed by atoms with E-state index in [1.54, 1.807) is 0 Å². The number of nitrogens with one attached hydrogen (secondary N) is 1. The molecular formula is C13H23N3O2. The molecule has 0 spiro atoms. The first-order chi connectivity index (χ1) is 8.55. The zero-order valence-corrected chi connectivity index (χ0v) is 11.1. The van der Waals surface area contributed by atoms with E-state index in [1.807, 2.05) is 11.8 Å². The summed E-state index contributed by atoms with van der Waals surface area (Å²) < 4.78 is 0. The zero-order valence-electron chi connectivity index (χ0n) is 11.1. The lowest BCUT2D eigenvalue weighted by Gasteiger charge is -2.42. The van der Waals surface area contributed by atoms with Gasteiger partial charge in [-0.1, -0.05) is 6.92 Å². The molecule has 1 saturated carbocycles. The standard InChI is InChI=1S/C13H23N3O2/c1-2-11(17)15-10-4-8-16(9-5-10)12(18)13(14)6-3-7-13/h10H,2-9,14H2,1H3,(H,15,17).